The number of anilines is 1. The van der Waals surface area contributed by atoms with Crippen molar-refractivity contribution in [3.8, 4) is 0 Å². The number of ether oxygens (including phenoxy) is 1. The minimum absolute atomic E-state index is 0.210. The summed E-state index contributed by atoms with van der Waals surface area (Å²) in [6.45, 7) is 0.458. The molecule has 3 aromatic rings. The van der Waals surface area contributed by atoms with E-state index in [0.717, 1.165) is 0 Å². The van der Waals surface area contributed by atoms with Crippen molar-refractivity contribution >= 4 is 58.0 Å². The lowest BCUT2D eigenvalue weighted by atomic mass is 10.1. The standard InChI is InChI=1S/C24H20Cl2N2O4S/c25-16-12-17(26)14-18(13-16)27-22(29)21(15-6-2-1-3-7-15)32-24(31)19-8-4-10-28(19)23(30)20-9-5-11-33-20/h1-3,5-7,9,11-14,19,21H,4,8,10H2,(H,27,29). The van der Waals surface area contributed by atoms with Crippen LogP contribution in [0.15, 0.2) is 66.0 Å². The molecule has 2 amide bonds. The number of carbonyl (C=O) groups is 3. The number of thiophene rings is 1. The monoisotopic (exact) mass is 502 g/mol. The Morgan fingerprint density at radius 1 is 1.03 bits per heavy atom. The normalized spacial score (nSPS) is 16.3. The SMILES string of the molecule is O=C(Nc1cc(Cl)cc(Cl)c1)C(OC(=O)C1CCCN1C(=O)c1cccs1)c1ccccc1. The second-order valence-electron chi connectivity index (χ2n) is 7.51. The molecule has 0 bridgehead atoms. The van der Waals surface area contributed by atoms with Gasteiger partial charge in [0.1, 0.15) is 6.04 Å². The number of esters is 1. The third kappa shape index (κ3) is 5.55. The molecule has 170 valence electrons. The van der Waals surface area contributed by atoms with E-state index in [1.165, 1.54) is 16.2 Å². The van der Waals surface area contributed by atoms with Gasteiger partial charge in [0.25, 0.3) is 11.8 Å². The fourth-order valence-corrected chi connectivity index (χ4v) is 4.93. The summed E-state index contributed by atoms with van der Waals surface area (Å²) >= 11 is 13.4. The van der Waals surface area contributed by atoms with Gasteiger partial charge in [0.05, 0.1) is 4.88 Å². The lowest BCUT2D eigenvalue weighted by molar-refractivity contribution is -0.158. The van der Waals surface area contributed by atoms with Crippen molar-refractivity contribution in [2.75, 3.05) is 11.9 Å². The molecule has 0 radical (unpaired) electrons. The van der Waals surface area contributed by atoms with Crippen molar-refractivity contribution in [1.29, 1.82) is 0 Å². The van der Waals surface area contributed by atoms with Crippen LogP contribution in [0.25, 0.3) is 0 Å². The van der Waals surface area contributed by atoms with Crippen LogP contribution < -0.4 is 5.32 Å². The summed E-state index contributed by atoms with van der Waals surface area (Å²) in [4.78, 5) is 41.2. The molecule has 1 aliphatic heterocycles. The number of nitrogens with zero attached hydrogens (tertiary/aromatic N) is 1. The zero-order chi connectivity index (χ0) is 23.4. The highest BCUT2D eigenvalue weighted by Gasteiger charge is 2.38. The van der Waals surface area contributed by atoms with Gasteiger partial charge in [0.15, 0.2) is 0 Å². The van der Waals surface area contributed by atoms with Crippen molar-refractivity contribution < 1.29 is 19.1 Å². The highest BCUT2D eigenvalue weighted by atomic mass is 35.5. The molecule has 9 heteroatoms. The number of halogens is 2. The van der Waals surface area contributed by atoms with E-state index >= 15 is 0 Å². The lowest BCUT2D eigenvalue weighted by Crippen LogP contribution is -2.42. The zero-order valence-electron chi connectivity index (χ0n) is 17.4. The molecule has 2 heterocycles. The Balaban J connectivity index is 1.54. The Kier molecular flexibility index (Phi) is 7.33. The number of nitrogens with one attached hydrogen (secondary N) is 1. The van der Waals surface area contributed by atoms with Gasteiger partial charge in [0.2, 0.25) is 6.10 Å². The first-order valence-electron chi connectivity index (χ1n) is 10.3. The summed E-state index contributed by atoms with van der Waals surface area (Å²) in [6, 6.07) is 16.1. The summed E-state index contributed by atoms with van der Waals surface area (Å²) < 4.78 is 5.71. The van der Waals surface area contributed by atoms with Crippen LogP contribution in [0.2, 0.25) is 10.0 Å². The number of carbonyl (C=O) groups excluding carboxylic acids is 3. The molecule has 1 aliphatic rings. The van der Waals surface area contributed by atoms with E-state index in [1.807, 2.05) is 5.38 Å². The molecule has 1 aromatic heterocycles. The lowest BCUT2D eigenvalue weighted by Gasteiger charge is -2.25. The Hall–Kier alpha value is -2.87. The minimum Gasteiger partial charge on any atom is -0.446 e. The maximum atomic E-state index is 13.1. The summed E-state index contributed by atoms with van der Waals surface area (Å²) in [5.74, 6) is -1.38. The molecular weight excluding hydrogens is 483 g/mol. The quantitative estimate of drug-likeness (QED) is 0.446. The number of hydrogen-bond acceptors (Lipinski definition) is 5. The average molecular weight is 503 g/mol. The Morgan fingerprint density at radius 2 is 1.76 bits per heavy atom. The van der Waals surface area contributed by atoms with Crippen molar-refractivity contribution in [2.45, 2.75) is 25.0 Å². The maximum Gasteiger partial charge on any atom is 0.329 e. The molecule has 4 rings (SSSR count). The fraction of sp³-hybridized carbons (Fsp3) is 0.208. The zero-order valence-corrected chi connectivity index (χ0v) is 19.7. The van der Waals surface area contributed by atoms with Gasteiger partial charge in [-0.3, -0.25) is 9.59 Å². The van der Waals surface area contributed by atoms with Crippen LogP contribution in [0.5, 0.6) is 0 Å². The van der Waals surface area contributed by atoms with Crippen LogP contribution in [-0.2, 0) is 14.3 Å². The Bertz CT molecular complexity index is 1130. The van der Waals surface area contributed by atoms with E-state index in [4.69, 9.17) is 27.9 Å². The van der Waals surface area contributed by atoms with Gasteiger partial charge in [-0.15, -0.1) is 11.3 Å². The smallest absolute Gasteiger partial charge is 0.329 e. The van der Waals surface area contributed by atoms with Crippen LogP contribution >= 0.6 is 34.5 Å². The first-order chi connectivity index (χ1) is 15.9. The topological polar surface area (TPSA) is 75.7 Å². The summed E-state index contributed by atoms with van der Waals surface area (Å²) in [5.41, 5.74) is 0.885. The predicted octanol–water partition coefficient (Wildman–Crippen LogP) is 5.58. The molecule has 33 heavy (non-hydrogen) atoms. The van der Waals surface area contributed by atoms with Crippen molar-refractivity contribution in [3.05, 3.63) is 86.5 Å². The highest BCUT2D eigenvalue weighted by Crippen LogP contribution is 2.28. The maximum absolute atomic E-state index is 13.1. The van der Waals surface area contributed by atoms with Crippen LogP contribution in [0, 0.1) is 0 Å². The van der Waals surface area contributed by atoms with Gasteiger partial charge in [-0.05, 0) is 42.5 Å². The second-order valence-corrected chi connectivity index (χ2v) is 9.33. The highest BCUT2D eigenvalue weighted by molar-refractivity contribution is 7.12. The summed E-state index contributed by atoms with van der Waals surface area (Å²) in [7, 11) is 0. The number of likely N-dealkylation sites (tertiary alicyclic amines) is 1. The summed E-state index contributed by atoms with van der Waals surface area (Å²) in [5, 5.41) is 5.25. The Labute approximate surface area is 205 Å². The van der Waals surface area contributed by atoms with Gasteiger partial charge >= 0.3 is 5.97 Å². The largest absolute Gasteiger partial charge is 0.446 e. The molecule has 2 atom stereocenters. The molecule has 0 spiro atoms. The second kappa shape index (κ2) is 10.4. The van der Waals surface area contributed by atoms with Gasteiger partial charge in [-0.2, -0.15) is 0 Å². The van der Waals surface area contributed by atoms with E-state index in [-0.39, 0.29) is 5.91 Å². The fourth-order valence-electron chi connectivity index (χ4n) is 3.73. The van der Waals surface area contributed by atoms with Gasteiger partial charge in [0, 0.05) is 27.8 Å². The van der Waals surface area contributed by atoms with E-state index in [1.54, 1.807) is 60.7 Å². The van der Waals surface area contributed by atoms with Gasteiger partial charge in [-0.25, -0.2) is 4.79 Å². The van der Waals surface area contributed by atoms with Gasteiger partial charge in [-0.1, -0.05) is 59.6 Å². The predicted molar refractivity (Wildman–Crippen MR) is 129 cm³/mol. The molecular formula is C24H20Cl2N2O4S. The van der Waals surface area contributed by atoms with Crippen molar-refractivity contribution in [2.24, 2.45) is 0 Å². The van der Waals surface area contributed by atoms with Crippen molar-refractivity contribution in [3.63, 3.8) is 0 Å². The number of amides is 2. The van der Waals surface area contributed by atoms with Crippen molar-refractivity contribution in [1.82, 2.24) is 4.90 Å². The van der Waals surface area contributed by atoms with E-state index in [2.05, 4.69) is 5.32 Å². The third-order valence-electron chi connectivity index (χ3n) is 5.22. The first kappa shape index (κ1) is 23.3. The van der Waals surface area contributed by atoms with E-state index in [9.17, 15) is 14.4 Å². The molecule has 1 N–H and O–H groups in total. The molecule has 2 unspecified atom stereocenters. The van der Waals surface area contributed by atoms with E-state index < -0.39 is 24.0 Å². The van der Waals surface area contributed by atoms with Crippen LogP contribution in [-0.4, -0.2) is 35.3 Å². The van der Waals surface area contributed by atoms with Gasteiger partial charge < -0.3 is 15.0 Å². The number of benzene rings is 2. The molecule has 0 saturated carbocycles. The molecule has 0 aliphatic carbocycles. The minimum atomic E-state index is -1.21. The van der Waals surface area contributed by atoms with Crippen LogP contribution in [0.4, 0.5) is 5.69 Å². The third-order valence-corrected chi connectivity index (χ3v) is 6.52. The molecule has 2 aromatic carbocycles. The van der Waals surface area contributed by atoms with Crippen LogP contribution in [0.1, 0.15) is 34.2 Å². The Morgan fingerprint density at radius 3 is 2.42 bits per heavy atom. The van der Waals surface area contributed by atoms with Crippen LogP contribution in [0.3, 0.4) is 0 Å². The summed E-state index contributed by atoms with van der Waals surface area (Å²) in [6.07, 6.45) is -0.0564. The molecule has 1 fully saturated rings. The number of rotatable bonds is 6. The molecule has 1 saturated heterocycles. The number of hydrogen-bond donors (Lipinski definition) is 1. The molecule has 6 nitrogen and oxygen atoms in total. The average Bonchev–Trinajstić information content (AvgIpc) is 3.49. The van der Waals surface area contributed by atoms with E-state index in [0.29, 0.717) is 45.6 Å². The first-order valence-corrected chi connectivity index (χ1v) is 11.9.